The lowest BCUT2D eigenvalue weighted by molar-refractivity contribution is 0.0734. The number of esters is 1. The van der Waals surface area contributed by atoms with Gasteiger partial charge in [-0.2, -0.15) is 4.31 Å². The van der Waals surface area contributed by atoms with Crippen molar-refractivity contribution in [2.24, 2.45) is 0 Å². The number of amides is 1. The third-order valence-electron chi connectivity index (χ3n) is 4.79. The summed E-state index contributed by atoms with van der Waals surface area (Å²) in [5.74, 6) is -0.719. The van der Waals surface area contributed by atoms with Crippen LogP contribution in [-0.4, -0.2) is 37.7 Å². The molecule has 0 aliphatic heterocycles. The molecule has 0 aliphatic rings. The van der Waals surface area contributed by atoms with E-state index in [9.17, 15) is 18.0 Å². The Labute approximate surface area is 191 Å². The second kappa shape index (κ2) is 10.1. The van der Waals surface area contributed by atoms with Gasteiger partial charge in [0.15, 0.2) is 0 Å². The monoisotopic (exact) mass is 472 g/mol. The van der Waals surface area contributed by atoms with Gasteiger partial charge >= 0.3 is 5.97 Å². The summed E-state index contributed by atoms with van der Waals surface area (Å²) in [7, 11) is -3.72. The third-order valence-corrected chi connectivity index (χ3v) is 7.86. The summed E-state index contributed by atoms with van der Waals surface area (Å²) in [4.78, 5) is 25.6. The summed E-state index contributed by atoms with van der Waals surface area (Å²) in [6, 6.07) is 14.4. The van der Waals surface area contributed by atoms with Crippen LogP contribution < -0.4 is 10.1 Å². The van der Waals surface area contributed by atoms with Gasteiger partial charge in [-0.3, -0.25) is 4.79 Å². The number of sulfonamides is 1. The zero-order valence-corrected chi connectivity index (χ0v) is 19.6. The van der Waals surface area contributed by atoms with E-state index in [0.29, 0.717) is 29.2 Å². The number of ether oxygens (including phenoxy) is 1. The van der Waals surface area contributed by atoms with Crippen molar-refractivity contribution >= 4 is 38.9 Å². The molecule has 1 aromatic heterocycles. The van der Waals surface area contributed by atoms with Crippen molar-refractivity contribution in [1.29, 1.82) is 0 Å². The minimum atomic E-state index is -3.72. The average molecular weight is 473 g/mol. The van der Waals surface area contributed by atoms with Crippen molar-refractivity contribution in [1.82, 2.24) is 4.31 Å². The number of nitrogens with one attached hydrogen (secondary N) is 1. The predicted molar refractivity (Wildman–Crippen MR) is 125 cm³/mol. The van der Waals surface area contributed by atoms with E-state index in [4.69, 9.17) is 4.74 Å². The lowest BCUT2D eigenvalue weighted by Gasteiger charge is -2.20. The molecule has 1 heterocycles. The Balaban J connectivity index is 1.80. The molecule has 168 valence electrons. The van der Waals surface area contributed by atoms with Crippen molar-refractivity contribution in [2.75, 3.05) is 18.4 Å². The number of hydrogen-bond acceptors (Lipinski definition) is 6. The van der Waals surface area contributed by atoms with Gasteiger partial charge in [-0.1, -0.05) is 32.0 Å². The molecule has 32 heavy (non-hydrogen) atoms. The van der Waals surface area contributed by atoms with Crippen LogP contribution in [0.25, 0.3) is 0 Å². The zero-order chi connectivity index (χ0) is 23.3. The number of benzene rings is 2. The van der Waals surface area contributed by atoms with Crippen LogP contribution in [0, 0.1) is 6.92 Å². The van der Waals surface area contributed by atoms with Crippen molar-refractivity contribution < 1.29 is 22.7 Å². The second-order valence-electron chi connectivity index (χ2n) is 6.92. The van der Waals surface area contributed by atoms with Gasteiger partial charge in [-0.25, -0.2) is 13.2 Å². The molecule has 0 saturated heterocycles. The van der Waals surface area contributed by atoms with Crippen molar-refractivity contribution in [2.45, 2.75) is 25.7 Å². The first-order valence-corrected chi connectivity index (χ1v) is 12.4. The van der Waals surface area contributed by atoms with E-state index in [1.807, 2.05) is 5.38 Å². The van der Waals surface area contributed by atoms with Gasteiger partial charge in [-0.05, 0) is 48.2 Å². The number of anilines is 1. The Morgan fingerprint density at radius 1 is 1.03 bits per heavy atom. The highest BCUT2D eigenvalue weighted by Gasteiger charge is 2.25. The summed E-state index contributed by atoms with van der Waals surface area (Å²) >= 11 is 1.32. The molecule has 2 aromatic carbocycles. The summed E-state index contributed by atoms with van der Waals surface area (Å²) in [5.41, 5.74) is 1.14. The Hall–Kier alpha value is -3.01. The maximum absolute atomic E-state index is 12.9. The van der Waals surface area contributed by atoms with Gasteiger partial charge in [0.25, 0.3) is 5.91 Å². The van der Waals surface area contributed by atoms with Crippen LogP contribution in [0.1, 0.15) is 39.4 Å². The lowest BCUT2D eigenvalue weighted by Crippen LogP contribution is -2.31. The summed E-state index contributed by atoms with van der Waals surface area (Å²) in [5, 5.41) is 4.56. The molecule has 0 spiro atoms. The number of aryl methyl sites for hydroxylation is 1. The molecule has 0 unspecified atom stereocenters. The lowest BCUT2D eigenvalue weighted by atomic mass is 10.1. The third kappa shape index (κ3) is 5.24. The van der Waals surface area contributed by atoms with Gasteiger partial charge in [-0.15, -0.1) is 11.3 Å². The van der Waals surface area contributed by atoms with Gasteiger partial charge in [0, 0.05) is 24.8 Å². The van der Waals surface area contributed by atoms with Crippen LogP contribution in [0.15, 0.2) is 64.9 Å². The first-order chi connectivity index (χ1) is 15.3. The average Bonchev–Trinajstić information content (AvgIpc) is 3.30. The van der Waals surface area contributed by atoms with Crippen LogP contribution in [0.2, 0.25) is 0 Å². The van der Waals surface area contributed by atoms with E-state index in [1.54, 1.807) is 57.2 Å². The van der Waals surface area contributed by atoms with Crippen LogP contribution in [0.5, 0.6) is 5.75 Å². The minimum Gasteiger partial charge on any atom is -0.423 e. The molecule has 3 rings (SSSR count). The Bertz CT molecular complexity index is 1220. The maximum Gasteiger partial charge on any atom is 0.343 e. The first kappa shape index (κ1) is 23.6. The van der Waals surface area contributed by atoms with Crippen molar-refractivity contribution in [3.8, 4) is 5.75 Å². The highest BCUT2D eigenvalue weighted by atomic mass is 32.2. The van der Waals surface area contributed by atoms with Crippen molar-refractivity contribution in [3.63, 3.8) is 0 Å². The molecule has 9 heteroatoms. The number of hydrogen-bond donors (Lipinski definition) is 1. The predicted octanol–water partition coefficient (Wildman–Crippen LogP) is 4.56. The minimum absolute atomic E-state index is 0.0765. The molecule has 0 bridgehead atoms. The fourth-order valence-electron chi connectivity index (χ4n) is 3.11. The van der Waals surface area contributed by atoms with E-state index >= 15 is 0 Å². The molecule has 3 aromatic rings. The summed E-state index contributed by atoms with van der Waals surface area (Å²) < 4.78 is 32.6. The largest absolute Gasteiger partial charge is 0.423 e. The van der Waals surface area contributed by atoms with Gasteiger partial charge in [0.1, 0.15) is 5.75 Å². The van der Waals surface area contributed by atoms with E-state index in [0.717, 1.165) is 0 Å². The first-order valence-electron chi connectivity index (χ1n) is 10.0. The molecule has 0 radical (unpaired) electrons. The van der Waals surface area contributed by atoms with E-state index in [2.05, 4.69) is 5.32 Å². The summed E-state index contributed by atoms with van der Waals surface area (Å²) in [6.07, 6.45) is 0. The highest BCUT2D eigenvalue weighted by Crippen LogP contribution is 2.24. The Morgan fingerprint density at radius 2 is 1.78 bits per heavy atom. The standard InChI is InChI=1S/C23H24N2O5S2/c1-4-25(5-2)32(28,29)21-14-17(12-11-16(21)3)23(27)30-19-9-6-8-18(15-19)24-22(26)20-10-7-13-31-20/h6-15H,4-5H2,1-3H3,(H,24,26). The fourth-order valence-corrected chi connectivity index (χ4v) is 5.44. The molecule has 0 fully saturated rings. The smallest absolute Gasteiger partial charge is 0.343 e. The van der Waals surface area contributed by atoms with Crippen LogP contribution in [0.4, 0.5) is 5.69 Å². The number of carbonyl (C=O) groups excluding carboxylic acids is 2. The maximum atomic E-state index is 12.9. The number of nitrogens with zero attached hydrogens (tertiary/aromatic N) is 1. The highest BCUT2D eigenvalue weighted by molar-refractivity contribution is 7.89. The van der Waals surface area contributed by atoms with Crippen LogP contribution >= 0.6 is 11.3 Å². The zero-order valence-electron chi connectivity index (χ0n) is 18.0. The Morgan fingerprint density at radius 3 is 2.44 bits per heavy atom. The molecular formula is C23H24N2O5S2. The number of carbonyl (C=O) groups is 2. The van der Waals surface area contributed by atoms with Crippen LogP contribution in [-0.2, 0) is 10.0 Å². The molecule has 7 nitrogen and oxygen atoms in total. The van der Waals surface area contributed by atoms with Crippen LogP contribution in [0.3, 0.4) is 0 Å². The van der Waals surface area contributed by atoms with E-state index in [-0.39, 0.29) is 22.1 Å². The van der Waals surface area contributed by atoms with E-state index in [1.165, 1.54) is 33.8 Å². The molecule has 0 saturated carbocycles. The molecule has 1 amide bonds. The van der Waals surface area contributed by atoms with Gasteiger partial charge in [0.05, 0.1) is 15.3 Å². The quantitative estimate of drug-likeness (QED) is 0.383. The summed E-state index contributed by atoms with van der Waals surface area (Å²) in [6.45, 7) is 5.87. The van der Waals surface area contributed by atoms with Gasteiger partial charge < -0.3 is 10.1 Å². The Kier molecular flexibility index (Phi) is 7.44. The molecule has 1 N–H and O–H groups in total. The number of rotatable bonds is 8. The van der Waals surface area contributed by atoms with Gasteiger partial charge in [0.2, 0.25) is 10.0 Å². The normalized spacial score (nSPS) is 11.4. The van der Waals surface area contributed by atoms with Crippen molar-refractivity contribution in [3.05, 3.63) is 76.0 Å². The molecule has 0 aliphatic carbocycles. The van der Waals surface area contributed by atoms with E-state index < -0.39 is 16.0 Å². The second-order valence-corrected chi connectivity index (χ2v) is 9.77. The molecule has 0 atom stereocenters. The fraction of sp³-hybridized carbons (Fsp3) is 0.217. The SMILES string of the molecule is CCN(CC)S(=O)(=O)c1cc(C(=O)Oc2cccc(NC(=O)c3cccs3)c2)ccc1C. The molecular weight excluding hydrogens is 448 g/mol. The number of thiophene rings is 1. The topological polar surface area (TPSA) is 92.8 Å².